The Morgan fingerprint density at radius 1 is 1.60 bits per heavy atom. The number of hydrogen-bond acceptors (Lipinski definition) is 4. The number of methoxy groups -OCH3 is 1. The van der Waals surface area contributed by atoms with Crippen LogP contribution >= 0.6 is 0 Å². The number of carbonyl (C=O) groups is 1. The van der Waals surface area contributed by atoms with E-state index in [2.05, 4.69) is 5.32 Å². The summed E-state index contributed by atoms with van der Waals surface area (Å²) < 4.78 is 18.1. The summed E-state index contributed by atoms with van der Waals surface area (Å²) in [6, 6.07) is 2.46. The van der Waals surface area contributed by atoms with E-state index < -0.39 is 11.6 Å². The summed E-state index contributed by atoms with van der Waals surface area (Å²) in [7, 11) is 2.86. The Hall–Kier alpha value is -1.62. The van der Waals surface area contributed by atoms with E-state index in [-0.39, 0.29) is 23.6 Å². The minimum absolute atomic E-state index is 0.0839. The van der Waals surface area contributed by atoms with E-state index in [0.717, 1.165) is 6.07 Å². The molecule has 1 aromatic rings. The van der Waals surface area contributed by atoms with E-state index in [9.17, 15) is 9.18 Å². The summed E-state index contributed by atoms with van der Waals surface area (Å²) in [5.74, 6) is -1.98. The fraction of sp³-hybridized carbons (Fsp3) is 0.300. The normalized spacial score (nSPS) is 10.1. The van der Waals surface area contributed by atoms with Crippen molar-refractivity contribution in [3.63, 3.8) is 0 Å². The molecule has 4 nitrogen and oxygen atoms in total. The van der Waals surface area contributed by atoms with Crippen molar-refractivity contribution < 1.29 is 19.0 Å². The smallest absolute Gasteiger partial charge is 0.207 e. The van der Waals surface area contributed by atoms with E-state index in [1.165, 1.54) is 13.2 Å². The van der Waals surface area contributed by atoms with Crippen molar-refractivity contribution in [3.8, 4) is 11.5 Å². The van der Waals surface area contributed by atoms with Crippen LogP contribution in [0.25, 0.3) is 0 Å². The topological polar surface area (TPSA) is 58.6 Å². The van der Waals surface area contributed by atoms with Crippen LogP contribution in [0.5, 0.6) is 11.5 Å². The summed E-state index contributed by atoms with van der Waals surface area (Å²) in [4.78, 5) is 11.5. The van der Waals surface area contributed by atoms with Crippen LogP contribution in [-0.4, -0.2) is 31.6 Å². The monoisotopic (exact) mass is 213 g/mol. The molecule has 2 N–H and O–H groups in total. The zero-order valence-corrected chi connectivity index (χ0v) is 8.50. The summed E-state index contributed by atoms with van der Waals surface area (Å²) in [6.07, 6.45) is 0. The van der Waals surface area contributed by atoms with Gasteiger partial charge >= 0.3 is 0 Å². The molecule has 0 bridgehead atoms. The average molecular weight is 213 g/mol. The lowest BCUT2D eigenvalue weighted by atomic mass is 10.1. The maximum absolute atomic E-state index is 13.3. The molecular weight excluding hydrogens is 201 g/mol. The van der Waals surface area contributed by atoms with Crippen LogP contribution in [0.3, 0.4) is 0 Å². The number of likely N-dealkylation sites (N-methyl/N-ethyl adjacent to an activating group) is 1. The number of aromatic hydroxyl groups is 1. The largest absolute Gasteiger partial charge is 0.505 e. The fourth-order valence-corrected chi connectivity index (χ4v) is 1.22. The standard InChI is InChI=1S/C10H12FNO3/c1-12-5-8(14)6-3-4-7(13)9(11)10(6)15-2/h3-4,12-13H,5H2,1-2H3. The van der Waals surface area contributed by atoms with Crippen molar-refractivity contribution >= 4 is 5.78 Å². The molecule has 0 saturated heterocycles. The van der Waals surface area contributed by atoms with Crippen molar-refractivity contribution in [1.82, 2.24) is 5.32 Å². The van der Waals surface area contributed by atoms with Crippen LogP contribution in [0.1, 0.15) is 10.4 Å². The first kappa shape index (κ1) is 11.5. The molecule has 0 spiro atoms. The van der Waals surface area contributed by atoms with Gasteiger partial charge in [-0.05, 0) is 19.2 Å². The number of Topliss-reactive ketones (excluding diaryl/α,β-unsaturated/α-hetero) is 1. The summed E-state index contributed by atoms with van der Waals surface area (Å²) in [5.41, 5.74) is 0.113. The third-order valence-electron chi connectivity index (χ3n) is 1.92. The summed E-state index contributed by atoms with van der Waals surface area (Å²) >= 11 is 0. The molecule has 0 fully saturated rings. The van der Waals surface area contributed by atoms with Crippen molar-refractivity contribution in [2.24, 2.45) is 0 Å². The molecule has 1 aromatic carbocycles. The van der Waals surface area contributed by atoms with Gasteiger partial charge in [-0.25, -0.2) is 0 Å². The minimum atomic E-state index is -0.917. The van der Waals surface area contributed by atoms with E-state index in [1.807, 2.05) is 0 Å². The van der Waals surface area contributed by atoms with Gasteiger partial charge in [0, 0.05) is 0 Å². The first-order valence-corrected chi connectivity index (χ1v) is 4.35. The second-order valence-corrected chi connectivity index (χ2v) is 2.93. The highest BCUT2D eigenvalue weighted by molar-refractivity contribution is 6.00. The van der Waals surface area contributed by atoms with Gasteiger partial charge in [-0.1, -0.05) is 0 Å². The van der Waals surface area contributed by atoms with Gasteiger partial charge in [0.05, 0.1) is 19.2 Å². The molecule has 0 aliphatic heterocycles. The second kappa shape index (κ2) is 4.75. The van der Waals surface area contributed by atoms with Gasteiger partial charge in [-0.3, -0.25) is 4.79 Å². The number of rotatable bonds is 4. The quantitative estimate of drug-likeness (QED) is 0.731. The van der Waals surface area contributed by atoms with Crippen molar-refractivity contribution in [2.75, 3.05) is 20.7 Å². The van der Waals surface area contributed by atoms with Gasteiger partial charge in [-0.2, -0.15) is 4.39 Å². The number of ether oxygens (including phenoxy) is 1. The van der Waals surface area contributed by atoms with Crippen LogP contribution in [-0.2, 0) is 0 Å². The Labute approximate surface area is 86.7 Å². The number of hydrogen-bond donors (Lipinski definition) is 2. The molecule has 0 saturated carbocycles. The number of phenolic OH excluding ortho intramolecular Hbond substituents is 1. The molecule has 0 atom stereocenters. The maximum Gasteiger partial charge on any atom is 0.207 e. The van der Waals surface area contributed by atoms with Crippen LogP contribution in [0, 0.1) is 5.82 Å². The first-order valence-electron chi connectivity index (χ1n) is 4.35. The summed E-state index contributed by atoms with van der Waals surface area (Å²) in [5, 5.41) is 11.7. The van der Waals surface area contributed by atoms with E-state index in [1.54, 1.807) is 7.05 Å². The lowest BCUT2D eigenvalue weighted by Crippen LogP contribution is -2.19. The third kappa shape index (κ3) is 2.24. The highest BCUT2D eigenvalue weighted by Crippen LogP contribution is 2.29. The lowest BCUT2D eigenvalue weighted by molar-refractivity contribution is 0.0989. The maximum atomic E-state index is 13.3. The van der Waals surface area contributed by atoms with Crippen LogP contribution in [0.2, 0.25) is 0 Å². The van der Waals surface area contributed by atoms with E-state index in [4.69, 9.17) is 9.84 Å². The van der Waals surface area contributed by atoms with Gasteiger partial charge in [-0.15, -0.1) is 0 Å². The number of carbonyl (C=O) groups excluding carboxylic acids is 1. The Kier molecular flexibility index (Phi) is 3.62. The molecule has 0 aliphatic rings. The predicted octanol–water partition coefficient (Wildman–Crippen LogP) is 0.942. The van der Waals surface area contributed by atoms with Gasteiger partial charge in [0.25, 0.3) is 0 Å². The number of phenols is 1. The summed E-state index contributed by atoms with van der Waals surface area (Å²) in [6.45, 7) is 0.0839. The Balaban J connectivity index is 3.18. The Morgan fingerprint density at radius 2 is 2.27 bits per heavy atom. The molecule has 0 amide bonds. The fourth-order valence-electron chi connectivity index (χ4n) is 1.22. The van der Waals surface area contributed by atoms with Gasteiger partial charge < -0.3 is 15.2 Å². The molecule has 1 rings (SSSR count). The lowest BCUT2D eigenvalue weighted by Gasteiger charge is -2.09. The van der Waals surface area contributed by atoms with E-state index >= 15 is 0 Å². The molecule has 0 unspecified atom stereocenters. The van der Waals surface area contributed by atoms with Crippen molar-refractivity contribution in [3.05, 3.63) is 23.5 Å². The number of ketones is 1. The van der Waals surface area contributed by atoms with E-state index in [0.29, 0.717) is 0 Å². The average Bonchev–Trinajstić information content (AvgIpc) is 2.22. The molecule has 0 aliphatic carbocycles. The number of benzene rings is 1. The molecule has 82 valence electrons. The van der Waals surface area contributed by atoms with Crippen LogP contribution in [0.15, 0.2) is 12.1 Å². The zero-order valence-electron chi connectivity index (χ0n) is 8.50. The number of halogens is 1. The molecule has 5 heteroatoms. The number of nitrogens with one attached hydrogen (secondary N) is 1. The zero-order chi connectivity index (χ0) is 11.4. The van der Waals surface area contributed by atoms with Crippen LogP contribution in [0.4, 0.5) is 4.39 Å². The van der Waals surface area contributed by atoms with Crippen molar-refractivity contribution in [1.29, 1.82) is 0 Å². The molecule has 15 heavy (non-hydrogen) atoms. The highest BCUT2D eigenvalue weighted by atomic mass is 19.1. The Bertz CT molecular complexity index is 379. The van der Waals surface area contributed by atoms with Crippen molar-refractivity contribution in [2.45, 2.75) is 0 Å². The second-order valence-electron chi connectivity index (χ2n) is 2.93. The third-order valence-corrected chi connectivity index (χ3v) is 1.92. The van der Waals surface area contributed by atoms with Gasteiger partial charge in [0.15, 0.2) is 17.3 Å². The molecule has 0 aromatic heterocycles. The van der Waals surface area contributed by atoms with Gasteiger partial charge in [0.2, 0.25) is 5.82 Å². The minimum Gasteiger partial charge on any atom is -0.505 e. The molecular formula is C10H12FNO3. The van der Waals surface area contributed by atoms with Gasteiger partial charge in [0.1, 0.15) is 0 Å². The first-order chi connectivity index (χ1) is 7.11. The van der Waals surface area contributed by atoms with Crippen LogP contribution < -0.4 is 10.1 Å². The molecule has 0 radical (unpaired) electrons. The predicted molar refractivity (Wildman–Crippen MR) is 52.9 cm³/mol. The highest BCUT2D eigenvalue weighted by Gasteiger charge is 2.18. The SMILES string of the molecule is CNCC(=O)c1ccc(O)c(F)c1OC. The molecule has 0 heterocycles. The Morgan fingerprint density at radius 3 is 2.80 bits per heavy atom.